The molecular weight excluding hydrogens is 354 g/mol. The first-order chi connectivity index (χ1) is 12.1. The van der Waals surface area contributed by atoms with Crippen molar-refractivity contribution >= 4 is 22.8 Å². The molecule has 0 saturated carbocycles. The fourth-order valence-electron chi connectivity index (χ4n) is 2.32. The van der Waals surface area contributed by atoms with Gasteiger partial charge >= 0.3 is 0 Å². The topological polar surface area (TPSA) is 95.9 Å². The maximum atomic E-state index is 11.9. The number of aliphatic hydroxyl groups excluding tert-OH is 2. The van der Waals surface area contributed by atoms with Crippen molar-refractivity contribution in [3.05, 3.63) is 36.1 Å². The van der Waals surface area contributed by atoms with Gasteiger partial charge in [-0.3, -0.25) is 9.59 Å². The molecule has 0 aromatic rings. The molecule has 0 fully saturated rings. The quantitative estimate of drug-likeness (QED) is 0.394. The smallest absolute Gasteiger partial charge is 0.249 e. The lowest BCUT2D eigenvalue weighted by molar-refractivity contribution is -0.137. The number of carbonyl (C=O) groups excluding carboxylic acids is 2. The normalized spacial score (nSPS) is 22.0. The number of amides is 1. The summed E-state index contributed by atoms with van der Waals surface area (Å²) in [7, 11) is 0. The van der Waals surface area contributed by atoms with Crippen LogP contribution in [0.2, 0.25) is 0 Å². The van der Waals surface area contributed by atoms with E-state index in [9.17, 15) is 19.8 Å². The van der Waals surface area contributed by atoms with Gasteiger partial charge in [0.1, 0.15) is 11.9 Å². The van der Waals surface area contributed by atoms with Crippen molar-refractivity contribution in [2.24, 2.45) is 5.41 Å². The Kier molecular flexibility index (Phi) is 8.12. The Morgan fingerprint density at radius 1 is 1.54 bits per heavy atom. The lowest BCUT2D eigenvalue weighted by atomic mass is 9.87. The van der Waals surface area contributed by atoms with Crippen LogP contribution in [0.1, 0.15) is 34.1 Å². The summed E-state index contributed by atoms with van der Waals surface area (Å²) in [4.78, 5) is 23.6. The molecular formula is C19H29NO5S. The second kappa shape index (κ2) is 9.39. The number of hydrogen-bond acceptors (Lipinski definition) is 6. The van der Waals surface area contributed by atoms with E-state index in [0.29, 0.717) is 25.3 Å². The van der Waals surface area contributed by atoms with Crippen LogP contribution in [-0.2, 0) is 14.3 Å². The van der Waals surface area contributed by atoms with Crippen LogP contribution in [0.25, 0.3) is 0 Å². The van der Waals surface area contributed by atoms with Gasteiger partial charge in [0.2, 0.25) is 11.0 Å². The molecule has 1 heterocycles. The van der Waals surface area contributed by atoms with E-state index in [1.54, 1.807) is 19.9 Å². The van der Waals surface area contributed by atoms with Crippen LogP contribution >= 0.6 is 11.8 Å². The summed E-state index contributed by atoms with van der Waals surface area (Å²) < 4.78 is 5.20. The summed E-state index contributed by atoms with van der Waals surface area (Å²) >= 11 is 1.19. The molecule has 2 unspecified atom stereocenters. The Labute approximate surface area is 159 Å². The average Bonchev–Trinajstić information content (AvgIpc) is 2.86. The molecule has 0 aliphatic carbocycles. The first-order valence-corrected chi connectivity index (χ1v) is 9.34. The number of thioether (sulfide) groups is 1. The van der Waals surface area contributed by atoms with Gasteiger partial charge in [0.15, 0.2) is 0 Å². The van der Waals surface area contributed by atoms with E-state index in [1.165, 1.54) is 17.8 Å². The van der Waals surface area contributed by atoms with Crippen LogP contribution in [0, 0.1) is 5.41 Å². The van der Waals surface area contributed by atoms with E-state index < -0.39 is 22.2 Å². The summed E-state index contributed by atoms with van der Waals surface area (Å²) in [5.41, 5.74) is 0.0567. The van der Waals surface area contributed by atoms with Crippen LogP contribution in [-0.4, -0.2) is 51.8 Å². The minimum absolute atomic E-state index is 0.0572. The highest BCUT2D eigenvalue weighted by atomic mass is 32.2. The summed E-state index contributed by atoms with van der Waals surface area (Å²) in [5.74, 6) is 0.0609. The maximum absolute atomic E-state index is 11.9. The summed E-state index contributed by atoms with van der Waals surface area (Å²) in [5, 5.41) is 21.7. The summed E-state index contributed by atoms with van der Waals surface area (Å²) in [6.07, 6.45) is 4.39. The van der Waals surface area contributed by atoms with Crippen molar-refractivity contribution in [2.45, 2.75) is 45.0 Å². The Balaban J connectivity index is 2.48. The molecule has 7 heteroatoms. The van der Waals surface area contributed by atoms with Crippen LogP contribution in [0.4, 0.5) is 0 Å². The number of nitrogens with one attached hydrogen (secondary N) is 1. The van der Waals surface area contributed by atoms with Gasteiger partial charge in [0, 0.05) is 18.0 Å². The highest BCUT2D eigenvalue weighted by Crippen LogP contribution is 2.42. The van der Waals surface area contributed by atoms with Crippen molar-refractivity contribution in [3.8, 4) is 0 Å². The van der Waals surface area contributed by atoms with Crippen molar-refractivity contribution in [1.82, 2.24) is 5.32 Å². The predicted octanol–water partition coefficient (Wildman–Crippen LogP) is 1.94. The molecule has 26 heavy (non-hydrogen) atoms. The van der Waals surface area contributed by atoms with Crippen LogP contribution < -0.4 is 5.32 Å². The van der Waals surface area contributed by atoms with Gasteiger partial charge in [-0.1, -0.05) is 49.9 Å². The molecule has 0 spiro atoms. The first-order valence-electron chi connectivity index (χ1n) is 8.52. The fraction of sp³-hybridized carbons (Fsp3) is 0.579. The number of aliphatic hydroxyl groups is 2. The molecule has 1 rings (SSSR count). The largest absolute Gasteiger partial charge is 0.496 e. The molecule has 0 aromatic carbocycles. The van der Waals surface area contributed by atoms with Gasteiger partial charge in [-0.15, -0.1) is 0 Å². The van der Waals surface area contributed by atoms with Crippen LogP contribution in [0.15, 0.2) is 36.1 Å². The molecule has 0 aromatic heterocycles. The Hall–Kier alpha value is -1.57. The van der Waals surface area contributed by atoms with Gasteiger partial charge in [0.05, 0.1) is 18.0 Å². The van der Waals surface area contributed by atoms with Crippen molar-refractivity contribution in [1.29, 1.82) is 0 Å². The zero-order valence-electron chi connectivity index (χ0n) is 15.9. The second-order valence-corrected chi connectivity index (χ2v) is 8.63. The van der Waals surface area contributed by atoms with E-state index in [0.717, 1.165) is 5.57 Å². The van der Waals surface area contributed by atoms with E-state index in [4.69, 9.17) is 4.74 Å². The van der Waals surface area contributed by atoms with Crippen LogP contribution in [0.5, 0.6) is 0 Å². The summed E-state index contributed by atoms with van der Waals surface area (Å²) in [6, 6.07) is 0. The zero-order chi connectivity index (χ0) is 20.0. The zero-order valence-corrected chi connectivity index (χ0v) is 16.7. The monoisotopic (exact) mass is 383 g/mol. The number of rotatable bonds is 10. The number of allylic oxidation sites excluding steroid dienone is 2. The van der Waals surface area contributed by atoms with Gasteiger partial charge in [0.25, 0.3) is 0 Å². The minimum Gasteiger partial charge on any atom is -0.496 e. The third-order valence-electron chi connectivity index (χ3n) is 4.15. The highest BCUT2D eigenvalue weighted by molar-refractivity contribution is 8.15. The molecule has 0 bridgehead atoms. The third kappa shape index (κ3) is 6.00. The number of carbonyl (C=O) groups is 2. The van der Waals surface area contributed by atoms with E-state index in [1.807, 2.05) is 19.9 Å². The number of ether oxygens (including phenoxy) is 1. The Morgan fingerprint density at radius 2 is 2.19 bits per heavy atom. The highest BCUT2D eigenvalue weighted by Gasteiger charge is 2.38. The Morgan fingerprint density at radius 3 is 2.77 bits per heavy atom. The van der Waals surface area contributed by atoms with Crippen molar-refractivity contribution in [3.63, 3.8) is 0 Å². The van der Waals surface area contributed by atoms with Crippen molar-refractivity contribution in [2.75, 3.05) is 19.8 Å². The molecule has 1 amide bonds. The molecule has 0 radical (unpaired) electrons. The average molecular weight is 384 g/mol. The first kappa shape index (κ1) is 22.5. The van der Waals surface area contributed by atoms with Crippen molar-refractivity contribution < 1.29 is 24.5 Å². The van der Waals surface area contributed by atoms with Gasteiger partial charge in [-0.2, -0.15) is 0 Å². The van der Waals surface area contributed by atoms with E-state index >= 15 is 0 Å². The molecule has 2 atom stereocenters. The van der Waals surface area contributed by atoms with Gasteiger partial charge in [-0.25, -0.2) is 0 Å². The van der Waals surface area contributed by atoms with Gasteiger partial charge in [-0.05, 0) is 20.3 Å². The molecule has 0 saturated heterocycles. The lowest BCUT2D eigenvalue weighted by Crippen LogP contribution is -2.45. The molecule has 146 valence electrons. The number of hydrogen-bond donors (Lipinski definition) is 3. The summed E-state index contributed by atoms with van der Waals surface area (Å²) in [6.45, 7) is 11.1. The predicted molar refractivity (Wildman–Crippen MR) is 103 cm³/mol. The SMILES string of the molecule is C=C/C(C)=C/C1(C)SC(=O)C=C1OCCCNC(=O)C(O)C(C)(C)CO. The second-order valence-electron chi connectivity index (χ2n) is 7.17. The Bertz CT molecular complexity index is 611. The third-order valence-corrected chi connectivity index (χ3v) is 5.21. The molecule has 6 nitrogen and oxygen atoms in total. The molecule has 1 aliphatic heterocycles. The maximum Gasteiger partial charge on any atom is 0.249 e. The fourth-order valence-corrected chi connectivity index (χ4v) is 3.37. The molecule has 3 N–H and O–H groups in total. The minimum atomic E-state index is -1.28. The van der Waals surface area contributed by atoms with Crippen LogP contribution in [0.3, 0.4) is 0 Å². The van der Waals surface area contributed by atoms with Gasteiger partial charge < -0.3 is 20.3 Å². The standard InChI is InChI=1S/C19H29NO5S/c1-6-13(2)11-19(5)14(10-15(22)26-19)25-9-7-8-20-17(24)16(23)18(3,4)12-21/h6,10-11,16,21,23H,1,7-9,12H2,2-5H3,(H,20,24)/b13-11+. The van der Waals surface area contributed by atoms with E-state index in [2.05, 4.69) is 11.9 Å². The van der Waals surface area contributed by atoms with E-state index in [-0.39, 0.29) is 11.7 Å². The lowest BCUT2D eigenvalue weighted by Gasteiger charge is -2.27. The molecule has 1 aliphatic rings.